The van der Waals surface area contributed by atoms with Crippen LogP contribution in [0.2, 0.25) is 0 Å². The molecule has 2 heterocycles. The topological polar surface area (TPSA) is 59.3 Å². The van der Waals surface area contributed by atoms with Crippen LogP contribution >= 0.6 is 11.3 Å². The minimum Gasteiger partial charge on any atom is -0.352 e. The van der Waals surface area contributed by atoms with E-state index in [1.807, 2.05) is 35.7 Å². The Morgan fingerprint density at radius 3 is 2.86 bits per heavy atom. The van der Waals surface area contributed by atoms with Crippen LogP contribution in [0.5, 0.6) is 0 Å². The molecule has 0 fully saturated rings. The summed E-state index contributed by atoms with van der Waals surface area (Å²) in [6.07, 6.45) is 3.92. The zero-order valence-corrected chi connectivity index (χ0v) is 15.7. The fraction of sp³-hybridized carbons (Fsp3) is 0.0952. The lowest BCUT2D eigenvalue weighted by Crippen LogP contribution is -2.23. The molecule has 2 aromatic carbocycles. The van der Waals surface area contributed by atoms with Crippen molar-refractivity contribution in [3.8, 4) is 11.4 Å². The maximum absolute atomic E-state index is 13.4. The lowest BCUT2D eigenvalue weighted by Gasteiger charge is -2.01. The summed E-state index contributed by atoms with van der Waals surface area (Å²) < 4.78 is 15.2. The lowest BCUT2D eigenvalue weighted by atomic mass is 10.2. The van der Waals surface area contributed by atoms with Crippen LogP contribution in [0.25, 0.3) is 22.4 Å². The highest BCUT2D eigenvalue weighted by Crippen LogP contribution is 2.21. The number of amides is 1. The van der Waals surface area contributed by atoms with E-state index >= 15 is 0 Å². The number of fused-ring (bicyclic) bond motifs is 1. The number of nitrogens with one attached hydrogen (secondary N) is 1. The van der Waals surface area contributed by atoms with E-state index in [0.717, 1.165) is 16.2 Å². The molecule has 0 saturated heterocycles. The second-order valence-corrected chi connectivity index (χ2v) is 6.99. The molecule has 1 N–H and O–H groups in total. The minimum atomic E-state index is -0.317. The van der Waals surface area contributed by atoms with Crippen molar-refractivity contribution in [3.05, 3.63) is 83.1 Å². The number of carbonyl (C=O) groups excluding carboxylic acids is 1. The summed E-state index contributed by atoms with van der Waals surface area (Å²) in [7, 11) is 0. The summed E-state index contributed by atoms with van der Waals surface area (Å²) in [6.45, 7) is 0.485. The molecule has 0 saturated carbocycles. The highest BCUT2D eigenvalue weighted by Gasteiger charge is 2.12. The second-order valence-electron chi connectivity index (χ2n) is 6.15. The summed E-state index contributed by atoms with van der Waals surface area (Å²) in [5.74, 6) is 0.0268. The highest BCUT2D eigenvalue weighted by molar-refractivity contribution is 7.15. The van der Waals surface area contributed by atoms with Gasteiger partial charge in [-0.1, -0.05) is 42.5 Å². The van der Waals surface area contributed by atoms with Gasteiger partial charge in [0.05, 0.1) is 5.69 Å². The van der Waals surface area contributed by atoms with Crippen molar-refractivity contribution in [2.45, 2.75) is 6.42 Å². The smallest absolute Gasteiger partial charge is 0.244 e. The molecule has 0 atom stereocenters. The number of nitrogens with zero attached hydrogens (tertiary/aromatic N) is 3. The zero-order valence-electron chi connectivity index (χ0n) is 14.9. The number of hydrogen-bond acceptors (Lipinski definition) is 4. The van der Waals surface area contributed by atoms with Crippen molar-refractivity contribution >= 4 is 28.3 Å². The molecule has 4 rings (SSSR count). The molecule has 0 aliphatic carbocycles. The third-order valence-corrected chi connectivity index (χ3v) is 5.00. The molecule has 0 radical (unpaired) electrons. The normalized spacial score (nSPS) is 11.3. The highest BCUT2D eigenvalue weighted by atomic mass is 32.1. The first-order valence-electron chi connectivity index (χ1n) is 8.79. The minimum absolute atomic E-state index is 0.144. The van der Waals surface area contributed by atoms with Crippen LogP contribution in [-0.2, 0) is 11.2 Å². The van der Waals surface area contributed by atoms with Gasteiger partial charge in [-0.25, -0.2) is 8.91 Å². The molecule has 0 spiro atoms. The van der Waals surface area contributed by atoms with Crippen LogP contribution < -0.4 is 5.32 Å². The van der Waals surface area contributed by atoms with Crippen molar-refractivity contribution < 1.29 is 9.18 Å². The fourth-order valence-corrected chi connectivity index (χ4v) is 3.61. The molecule has 7 heteroatoms. The summed E-state index contributed by atoms with van der Waals surface area (Å²) in [5, 5.41) is 9.32. The molecule has 5 nitrogen and oxygen atoms in total. The first-order chi connectivity index (χ1) is 13.7. The first kappa shape index (κ1) is 18.1. The second kappa shape index (κ2) is 8.14. The predicted octanol–water partition coefficient (Wildman–Crippen LogP) is 3.97. The van der Waals surface area contributed by atoms with E-state index in [1.54, 1.807) is 22.7 Å². The number of benzene rings is 2. The molecule has 2 aromatic heterocycles. The number of carbonyl (C=O) groups is 1. The molecular weight excluding hydrogens is 375 g/mol. The van der Waals surface area contributed by atoms with Gasteiger partial charge in [0.15, 0.2) is 5.82 Å². The Bertz CT molecular complexity index is 1130. The number of halogens is 1. The number of thiazole rings is 1. The summed E-state index contributed by atoms with van der Waals surface area (Å²) >= 11 is 1.47. The average molecular weight is 392 g/mol. The van der Waals surface area contributed by atoms with E-state index in [4.69, 9.17) is 0 Å². The van der Waals surface area contributed by atoms with Crippen LogP contribution in [0, 0.1) is 5.82 Å². The molecule has 4 aromatic rings. The molecule has 1 amide bonds. The van der Waals surface area contributed by atoms with E-state index < -0.39 is 0 Å². The first-order valence-corrected chi connectivity index (χ1v) is 9.67. The maximum Gasteiger partial charge on any atom is 0.244 e. The number of aromatic nitrogens is 3. The molecule has 28 heavy (non-hydrogen) atoms. The van der Waals surface area contributed by atoms with E-state index in [1.165, 1.54) is 29.5 Å². The van der Waals surface area contributed by atoms with Crippen LogP contribution in [-0.4, -0.2) is 27.0 Å². The Labute approximate surface area is 165 Å². The summed E-state index contributed by atoms with van der Waals surface area (Å²) in [4.78, 5) is 17.2. The summed E-state index contributed by atoms with van der Waals surface area (Å²) in [5.41, 5.74) is 2.56. The Hall–Kier alpha value is -3.32. The van der Waals surface area contributed by atoms with Crippen molar-refractivity contribution in [2.24, 2.45) is 0 Å². The fourth-order valence-electron chi connectivity index (χ4n) is 2.76. The average Bonchev–Trinajstić information content (AvgIpc) is 3.29. The molecule has 0 unspecified atom stereocenters. The third kappa shape index (κ3) is 4.15. The maximum atomic E-state index is 13.4. The third-order valence-electron chi connectivity index (χ3n) is 4.14. The van der Waals surface area contributed by atoms with Crippen LogP contribution in [0.3, 0.4) is 0 Å². The van der Waals surface area contributed by atoms with Crippen molar-refractivity contribution in [1.29, 1.82) is 0 Å². The quantitative estimate of drug-likeness (QED) is 0.505. The lowest BCUT2D eigenvalue weighted by molar-refractivity contribution is -0.116. The van der Waals surface area contributed by atoms with Crippen molar-refractivity contribution in [2.75, 3.05) is 6.54 Å². The van der Waals surface area contributed by atoms with Gasteiger partial charge in [-0.3, -0.25) is 4.79 Å². The van der Waals surface area contributed by atoms with Crippen LogP contribution in [0.15, 0.2) is 66.1 Å². The molecule has 0 aliphatic heterocycles. The number of rotatable bonds is 6. The molecular formula is C21H17FN4OS. The number of hydrogen-bond donors (Lipinski definition) is 1. The van der Waals surface area contributed by atoms with Gasteiger partial charge in [-0.15, -0.1) is 16.4 Å². The Morgan fingerprint density at radius 1 is 1.18 bits per heavy atom. The largest absolute Gasteiger partial charge is 0.352 e. The van der Waals surface area contributed by atoms with Gasteiger partial charge in [0.25, 0.3) is 0 Å². The van der Waals surface area contributed by atoms with Crippen molar-refractivity contribution in [1.82, 2.24) is 19.9 Å². The molecule has 0 aliphatic rings. The van der Waals surface area contributed by atoms with Gasteiger partial charge < -0.3 is 5.32 Å². The van der Waals surface area contributed by atoms with Gasteiger partial charge in [0, 0.05) is 30.0 Å². The van der Waals surface area contributed by atoms with Gasteiger partial charge in [-0.2, -0.15) is 4.98 Å². The van der Waals surface area contributed by atoms with E-state index in [2.05, 4.69) is 15.4 Å². The van der Waals surface area contributed by atoms with Crippen LogP contribution in [0.1, 0.15) is 11.3 Å². The van der Waals surface area contributed by atoms with E-state index in [-0.39, 0.29) is 11.7 Å². The van der Waals surface area contributed by atoms with Gasteiger partial charge in [0.2, 0.25) is 10.9 Å². The Balaban J connectivity index is 1.38. The van der Waals surface area contributed by atoms with Gasteiger partial charge in [-0.05, 0) is 23.8 Å². The van der Waals surface area contributed by atoms with Crippen LogP contribution in [0.4, 0.5) is 4.39 Å². The van der Waals surface area contributed by atoms with Crippen molar-refractivity contribution in [3.63, 3.8) is 0 Å². The molecule has 0 bridgehead atoms. The monoisotopic (exact) mass is 392 g/mol. The predicted molar refractivity (Wildman–Crippen MR) is 108 cm³/mol. The van der Waals surface area contributed by atoms with E-state index in [0.29, 0.717) is 24.4 Å². The van der Waals surface area contributed by atoms with E-state index in [9.17, 15) is 9.18 Å². The van der Waals surface area contributed by atoms with Gasteiger partial charge >= 0.3 is 0 Å². The SMILES string of the molecule is O=C(/C=C/c1ccccc1)NCCc1csc2nc(-c3cccc(F)c3)nn12. The summed E-state index contributed by atoms with van der Waals surface area (Å²) in [6, 6.07) is 15.9. The standard InChI is InChI=1S/C21H17FN4OS/c22-17-8-4-7-16(13-17)20-24-21-26(25-20)18(14-28-21)11-12-23-19(27)10-9-15-5-2-1-3-6-15/h1-10,13-14H,11-12H2,(H,23,27)/b10-9+. The van der Waals surface area contributed by atoms with Gasteiger partial charge in [0.1, 0.15) is 5.82 Å². The Morgan fingerprint density at radius 2 is 2.04 bits per heavy atom. The zero-order chi connectivity index (χ0) is 19.3. The molecule has 140 valence electrons. The Kier molecular flexibility index (Phi) is 5.25.